The lowest BCUT2D eigenvalue weighted by molar-refractivity contribution is 0.759. The standard InChI is InChI=1S/C9H14N4O/c1-6(10)3-2-4-7-5-12-8(11)9(14)13-7/h2,4-6H,3,10H2,1H3,(H2,11,12)(H,13,14)/b4-2+/t6-/m0/s1. The van der Waals surface area contributed by atoms with Gasteiger partial charge in [0.2, 0.25) is 0 Å². The molecule has 0 saturated carbocycles. The molecular formula is C9H14N4O. The van der Waals surface area contributed by atoms with E-state index in [0.29, 0.717) is 5.69 Å². The molecule has 1 aromatic rings. The summed E-state index contributed by atoms with van der Waals surface area (Å²) in [5.41, 5.74) is 11.1. The lowest BCUT2D eigenvalue weighted by atomic mass is 10.2. The summed E-state index contributed by atoms with van der Waals surface area (Å²) in [5.74, 6) is -0.0191. The third-order valence-electron chi connectivity index (χ3n) is 1.64. The summed E-state index contributed by atoms with van der Waals surface area (Å²) in [6, 6.07) is 0.111. The van der Waals surface area contributed by atoms with Crippen LogP contribution in [-0.4, -0.2) is 16.0 Å². The van der Waals surface area contributed by atoms with Gasteiger partial charge in [0.05, 0.1) is 11.9 Å². The highest BCUT2D eigenvalue weighted by atomic mass is 16.1. The van der Waals surface area contributed by atoms with Crippen molar-refractivity contribution >= 4 is 11.9 Å². The number of nitrogens with zero attached hydrogens (tertiary/aromatic N) is 1. The highest BCUT2D eigenvalue weighted by Crippen LogP contribution is 1.97. The second-order valence-corrected chi connectivity index (χ2v) is 3.17. The number of nitrogens with one attached hydrogen (secondary N) is 1. The van der Waals surface area contributed by atoms with Gasteiger partial charge in [0.25, 0.3) is 5.56 Å². The van der Waals surface area contributed by atoms with E-state index in [4.69, 9.17) is 11.5 Å². The van der Waals surface area contributed by atoms with Crippen LogP contribution in [0.2, 0.25) is 0 Å². The lowest BCUT2D eigenvalue weighted by Crippen LogP contribution is -2.14. The highest BCUT2D eigenvalue weighted by Gasteiger charge is 1.95. The second kappa shape index (κ2) is 4.57. The number of rotatable bonds is 3. The molecular weight excluding hydrogens is 180 g/mol. The lowest BCUT2D eigenvalue weighted by Gasteiger charge is -1.98. The Balaban J connectivity index is 2.73. The summed E-state index contributed by atoms with van der Waals surface area (Å²) in [6.45, 7) is 1.91. The van der Waals surface area contributed by atoms with Crippen LogP contribution >= 0.6 is 0 Å². The molecule has 1 atom stereocenters. The molecule has 1 rings (SSSR count). The average molecular weight is 194 g/mol. The minimum absolute atomic E-state index is 0.0191. The van der Waals surface area contributed by atoms with Crippen molar-refractivity contribution in [1.29, 1.82) is 0 Å². The molecule has 76 valence electrons. The molecule has 0 bridgehead atoms. The normalized spacial score (nSPS) is 13.3. The van der Waals surface area contributed by atoms with E-state index in [2.05, 4.69) is 9.97 Å². The van der Waals surface area contributed by atoms with Crippen molar-refractivity contribution in [2.24, 2.45) is 5.73 Å². The van der Waals surface area contributed by atoms with Crippen LogP contribution < -0.4 is 17.0 Å². The molecule has 0 unspecified atom stereocenters. The topological polar surface area (TPSA) is 97.8 Å². The zero-order valence-electron chi connectivity index (χ0n) is 8.03. The molecule has 0 aromatic carbocycles. The van der Waals surface area contributed by atoms with Gasteiger partial charge in [-0.25, -0.2) is 4.98 Å². The van der Waals surface area contributed by atoms with Gasteiger partial charge < -0.3 is 16.5 Å². The first-order valence-electron chi connectivity index (χ1n) is 4.36. The molecule has 5 heteroatoms. The van der Waals surface area contributed by atoms with Crippen LogP contribution in [-0.2, 0) is 0 Å². The average Bonchev–Trinajstić information content (AvgIpc) is 2.10. The fourth-order valence-corrected chi connectivity index (χ4v) is 0.919. The van der Waals surface area contributed by atoms with E-state index in [9.17, 15) is 4.79 Å². The van der Waals surface area contributed by atoms with Gasteiger partial charge in [-0.1, -0.05) is 6.08 Å². The van der Waals surface area contributed by atoms with Crippen LogP contribution in [0.1, 0.15) is 19.0 Å². The second-order valence-electron chi connectivity index (χ2n) is 3.17. The quantitative estimate of drug-likeness (QED) is 0.635. The Bertz CT molecular complexity index is 381. The first-order chi connectivity index (χ1) is 6.59. The summed E-state index contributed by atoms with van der Waals surface area (Å²) in [6.07, 6.45) is 5.91. The van der Waals surface area contributed by atoms with Crippen molar-refractivity contribution in [1.82, 2.24) is 9.97 Å². The number of H-pyrrole nitrogens is 1. The number of aromatic amines is 1. The molecule has 0 amide bonds. The molecule has 0 spiro atoms. The summed E-state index contributed by atoms with van der Waals surface area (Å²) < 4.78 is 0. The van der Waals surface area contributed by atoms with Crippen molar-refractivity contribution in [3.8, 4) is 0 Å². The Hall–Kier alpha value is -1.62. The molecule has 0 aliphatic carbocycles. The largest absolute Gasteiger partial charge is 0.379 e. The Labute approximate surface area is 81.8 Å². The molecule has 5 nitrogen and oxygen atoms in total. The van der Waals surface area contributed by atoms with Gasteiger partial charge in [0.1, 0.15) is 0 Å². The van der Waals surface area contributed by atoms with E-state index in [1.54, 1.807) is 6.08 Å². The van der Waals surface area contributed by atoms with Gasteiger partial charge in [-0.3, -0.25) is 4.79 Å². The molecule has 0 aliphatic rings. The van der Waals surface area contributed by atoms with Gasteiger partial charge in [-0.05, 0) is 19.4 Å². The SMILES string of the molecule is C[C@H](N)C/C=C/c1cnc(N)c(=O)[nH]1. The minimum atomic E-state index is -0.368. The van der Waals surface area contributed by atoms with Gasteiger partial charge in [0, 0.05) is 6.04 Å². The number of hydrogen-bond donors (Lipinski definition) is 3. The molecule has 0 radical (unpaired) electrons. The zero-order chi connectivity index (χ0) is 10.6. The van der Waals surface area contributed by atoms with Gasteiger partial charge in [-0.15, -0.1) is 0 Å². The van der Waals surface area contributed by atoms with E-state index in [1.165, 1.54) is 6.20 Å². The third-order valence-corrected chi connectivity index (χ3v) is 1.64. The molecule has 0 aliphatic heterocycles. The smallest absolute Gasteiger partial charge is 0.290 e. The van der Waals surface area contributed by atoms with E-state index in [0.717, 1.165) is 6.42 Å². The van der Waals surface area contributed by atoms with Crippen molar-refractivity contribution in [2.45, 2.75) is 19.4 Å². The number of aromatic nitrogens is 2. The molecule has 0 saturated heterocycles. The van der Waals surface area contributed by atoms with Crippen LogP contribution in [0.25, 0.3) is 6.08 Å². The van der Waals surface area contributed by atoms with Gasteiger partial charge in [-0.2, -0.15) is 0 Å². The fraction of sp³-hybridized carbons (Fsp3) is 0.333. The molecule has 5 N–H and O–H groups in total. The Morgan fingerprint density at radius 2 is 2.43 bits per heavy atom. The van der Waals surface area contributed by atoms with Crippen LogP contribution in [0.15, 0.2) is 17.1 Å². The maximum atomic E-state index is 11.0. The highest BCUT2D eigenvalue weighted by molar-refractivity contribution is 5.44. The number of nitrogen functional groups attached to an aromatic ring is 1. The Kier molecular flexibility index (Phi) is 3.41. The summed E-state index contributed by atoms with van der Waals surface area (Å²) in [5, 5.41) is 0. The van der Waals surface area contributed by atoms with Gasteiger partial charge >= 0.3 is 0 Å². The van der Waals surface area contributed by atoms with Crippen molar-refractivity contribution < 1.29 is 0 Å². The number of nitrogens with two attached hydrogens (primary N) is 2. The Morgan fingerprint density at radius 1 is 1.71 bits per heavy atom. The molecule has 0 fully saturated rings. The summed E-state index contributed by atoms with van der Waals surface area (Å²) in [4.78, 5) is 17.3. The first-order valence-corrected chi connectivity index (χ1v) is 4.36. The van der Waals surface area contributed by atoms with Crippen LogP contribution in [0.5, 0.6) is 0 Å². The minimum Gasteiger partial charge on any atom is -0.379 e. The van der Waals surface area contributed by atoms with Crippen LogP contribution in [0, 0.1) is 0 Å². The van der Waals surface area contributed by atoms with Crippen LogP contribution in [0.3, 0.4) is 0 Å². The van der Waals surface area contributed by atoms with Crippen molar-refractivity contribution in [3.05, 3.63) is 28.3 Å². The first kappa shape index (κ1) is 10.5. The summed E-state index contributed by atoms with van der Waals surface area (Å²) in [7, 11) is 0. The van der Waals surface area contributed by atoms with Crippen molar-refractivity contribution in [3.63, 3.8) is 0 Å². The monoisotopic (exact) mass is 194 g/mol. The van der Waals surface area contributed by atoms with E-state index >= 15 is 0 Å². The van der Waals surface area contributed by atoms with Crippen molar-refractivity contribution in [2.75, 3.05) is 5.73 Å². The summed E-state index contributed by atoms with van der Waals surface area (Å²) >= 11 is 0. The van der Waals surface area contributed by atoms with Crippen LogP contribution in [0.4, 0.5) is 5.82 Å². The maximum Gasteiger partial charge on any atom is 0.290 e. The predicted octanol–water partition coefficient (Wildman–Crippen LogP) is 0.103. The number of anilines is 1. The Morgan fingerprint density at radius 3 is 3.00 bits per heavy atom. The molecule has 14 heavy (non-hydrogen) atoms. The number of hydrogen-bond acceptors (Lipinski definition) is 4. The third kappa shape index (κ3) is 3.02. The van der Waals surface area contributed by atoms with E-state index in [1.807, 2.05) is 13.0 Å². The predicted molar refractivity (Wildman–Crippen MR) is 56.6 cm³/mol. The zero-order valence-corrected chi connectivity index (χ0v) is 8.03. The van der Waals surface area contributed by atoms with Gasteiger partial charge in [0.15, 0.2) is 5.82 Å². The molecule has 1 aromatic heterocycles. The fourth-order valence-electron chi connectivity index (χ4n) is 0.919. The maximum absolute atomic E-state index is 11.0. The van der Waals surface area contributed by atoms with E-state index in [-0.39, 0.29) is 17.4 Å². The van der Waals surface area contributed by atoms with E-state index < -0.39 is 0 Å². The molecule has 1 heterocycles.